The summed E-state index contributed by atoms with van der Waals surface area (Å²) >= 11 is 0. The van der Waals surface area contributed by atoms with Crippen molar-refractivity contribution in [3.8, 4) is 0 Å². The van der Waals surface area contributed by atoms with E-state index in [1.165, 1.54) is 0 Å². The van der Waals surface area contributed by atoms with E-state index in [-0.39, 0.29) is 5.54 Å². The van der Waals surface area contributed by atoms with Crippen molar-refractivity contribution in [2.75, 3.05) is 41.9 Å². The lowest BCUT2D eigenvalue weighted by atomic mass is 9.90. The number of fused-ring (bicyclic) bond motifs is 5. The maximum atomic E-state index is 5.74. The van der Waals surface area contributed by atoms with Gasteiger partial charge < -0.3 is 15.0 Å². The Morgan fingerprint density at radius 1 is 1.20 bits per heavy atom. The third kappa shape index (κ3) is 2.49. The summed E-state index contributed by atoms with van der Waals surface area (Å²) in [5, 5.41) is 7.58. The summed E-state index contributed by atoms with van der Waals surface area (Å²) in [7, 11) is 2.03. The van der Waals surface area contributed by atoms with Gasteiger partial charge >= 0.3 is 0 Å². The highest BCUT2D eigenvalue weighted by Crippen LogP contribution is 2.45. The van der Waals surface area contributed by atoms with Crippen LogP contribution in [0.5, 0.6) is 0 Å². The first-order valence-corrected chi connectivity index (χ1v) is 10.2. The average molecular weight is 405 g/mol. The monoisotopic (exact) mass is 405 g/mol. The number of hydrogen-bond acceptors (Lipinski definition) is 9. The standard InChI is InChI=1S/C20H23N9O/c1-13-8-16-23-12-24-28(16)10-14(13)25-18-21-9-15-17(26-18)29-19(27(15)2)22-11-20(29)4-3-6-30-7-5-20/h8-10,12H,3-7,11H2,1-2H3,(H,21,25,26). The van der Waals surface area contributed by atoms with Gasteiger partial charge in [-0.25, -0.2) is 19.5 Å². The highest BCUT2D eigenvalue weighted by molar-refractivity contribution is 6.17. The van der Waals surface area contributed by atoms with Gasteiger partial charge in [-0.2, -0.15) is 10.1 Å². The molecule has 3 aromatic heterocycles. The van der Waals surface area contributed by atoms with Crippen LogP contribution in [0, 0.1) is 6.92 Å². The van der Waals surface area contributed by atoms with Crippen molar-refractivity contribution in [2.45, 2.75) is 31.7 Å². The molecule has 0 amide bonds. The number of hydrogen-bond donors (Lipinski definition) is 1. The van der Waals surface area contributed by atoms with Gasteiger partial charge in [-0.05, 0) is 37.8 Å². The minimum absolute atomic E-state index is 0.0630. The largest absolute Gasteiger partial charge is 0.381 e. The predicted molar refractivity (Wildman–Crippen MR) is 114 cm³/mol. The fourth-order valence-electron chi connectivity index (χ4n) is 4.67. The van der Waals surface area contributed by atoms with Gasteiger partial charge in [0, 0.05) is 20.3 Å². The minimum Gasteiger partial charge on any atom is -0.381 e. The number of rotatable bonds is 2. The summed E-state index contributed by atoms with van der Waals surface area (Å²) in [5.41, 5.74) is 3.67. The number of aromatic nitrogens is 5. The van der Waals surface area contributed by atoms with E-state index < -0.39 is 0 Å². The van der Waals surface area contributed by atoms with Gasteiger partial charge in [0.15, 0.2) is 11.5 Å². The van der Waals surface area contributed by atoms with E-state index in [2.05, 4.69) is 30.2 Å². The summed E-state index contributed by atoms with van der Waals surface area (Å²) in [6.45, 7) is 4.38. The Hall–Kier alpha value is -3.27. The van der Waals surface area contributed by atoms with Crippen LogP contribution in [0.15, 0.2) is 29.8 Å². The van der Waals surface area contributed by atoms with E-state index >= 15 is 0 Å². The molecule has 3 aliphatic rings. The molecule has 1 spiro atoms. The molecule has 0 saturated carbocycles. The number of nitrogens with zero attached hydrogens (tertiary/aromatic N) is 8. The van der Waals surface area contributed by atoms with Gasteiger partial charge in [-0.1, -0.05) is 0 Å². The number of aryl methyl sites for hydroxylation is 1. The number of ether oxygens (including phenoxy) is 1. The zero-order chi connectivity index (χ0) is 20.3. The Balaban J connectivity index is 1.38. The van der Waals surface area contributed by atoms with Crippen molar-refractivity contribution in [3.63, 3.8) is 0 Å². The van der Waals surface area contributed by atoms with E-state index in [4.69, 9.17) is 14.7 Å². The highest BCUT2D eigenvalue weighted by atomic mass is 16.5. The quantitative estimate of drug-likeness (QED) is 0.693. The molecule has 154 valence electrons. The Labute approximate surface area is 173 Å². The molecule has 30 heavy (non-hydrogen) atoms. The first-order chi connectivity index (χ1) is 14.6. The van der Waals surface area contributed by atoms with E-state index in [0.717, 1.165) is 73.4 Å². The van der Waals surface area contributed by atoms with E-state index in [1.54, 1.807) is 10.8 Å². The van der Waals surface area contributed by atoms with Gasteiger partial charge in [-0.3, -0.25) is 4.90 Å². The molecule has 0 aliphatic carbocycles. The van der Waals surface area contributed by atoms with E-state index in [1.807, 2.05) is 32.4 Å². The molecule has 0 aromatic carbocycles. The molecule has 1 fully saturated rings. The highest BCUT2D eigenvalue weighted by Gasteiger charge is 2.50. The maximum Gasteiger partial charge on any atom is 0.229 e. The molecule has 6 heterocycles. The molecule has 3 aliphatic heterocycles. The first kappa shape index (κ1) is 17.6. The Morgan fingerprint density at radius 2 is 2.13 bits per heavy atom. The number of aliphatic imine (C=N–C) groups is 1. The van der Waals surface area contributed by atoms with Gasteiger partial charge in [0.1, 0.15) is 12.0 Å². The fraction of sp³-hybridized carbons (Fsp3) is 0.450. The average Bonchev–Trinajstić information content (AvgIpc) is 3.35. The molecule has 1 atom stereocenters. The lowest BCUT2D eigenvalue weighted by Gasteiger charge is -2.35. The van der Waals surface area contributed by atoms with Crippen molar-refractivity contribution < 1.29 is 4.74 Å². The van der Waals surface area contributed by atoms with Crippen molar-refractivity contribution >= 4 is 34.7 Å². The fourth-order valence-corrected chi connectivity index (χ4v) is 4.67. The summed E-state index contributed by atoms with van der Waals surface area (Å²) in [6.07, 6.45) is 8.35. The molecule has 1 unspecified atom stereocenters. The maximum absolute atomic E-state index is 5.74. The van der Waals surface area contributed by atoms with Crippen LogP contribution in [0.1, 0.15) is 24.8 Å². The van der Waals surface area contributed by atoms with Gasteiger partial charge in [-0.15, -0.1) is 0 Å². The number of pyridine rings is 1. The molecule has 10 nitrogen and oxygen atoms in total. The zero-order valence-electron chi connectivity index (χ0n) is 17.0. The van der Waals surface area contributed by atoms with Crippen LogP contribution >= 0.6 is 0 Å². The molecule has 3 aromatic rings. The first-order valence-electron chi connectivity index (χ1n) is 10.2. The molecular formula is C20H23N9O. The molecule has 0 bridgehead atoms. The third-order valence-corrected chi connectivity index (χ3v) is 6.32. The van der Waals surface area contributed by atoms with Crippen molar-refractivity contribution in [2.24, 2.45) is 4.99 Å². The van der Waals surface area contributed by atoms with E-state index in [9.17, 15) is 0 Å². The lowest BCUT2D eigenvalue weighted by molar-refractivity contribution is 0.140. The number of anilines is 4. The Kier molecular flexibility index (Phi) is 3.73. The predicted octanol–water partition coefficient (Wildman–Crippen LogP) is 2.14. The Bertz CT molecular complexity index is 1160. The van der Waals surface area contributed by atoms with E-state index in [0.29, 0.717) is 5.95 Å². The second-order valence-corrected chi connectivity index (χ2v) is 8.16. The van der Waals surface area contributed by atoms with Crippen LogP contribution in [0.2, 0.25) is 0 Å². The third-order valence-electron chi connectivity index (χ3n) is 6.32. The van der Waals surface area contributed by atoms with Crippen LogP contribution in [0.4, 0.5) is 23.1 Å². The zero-order valence-corrected chi connectivity index (χ0v) is 17.0. The summed E-state index contributed by atoms with van der Waals surface area (Å²) in [6, 6.07) is 1.99. The van der Waals surface area contributed by atoms with Crippen LogP contribution in [-0.4, -0.2) is 62.9 Å². The van der Waals surface area contributed by atoms with Crippen LogP contribution in [-0.2, 0) is 4.74 Å². The minimum atomic E-state index is -0.0630. The van der Waals surface area contributed by atoms with Crippen molar-refractivity contribution in [3.05, 3.63) is 30.4 Å². The topological polar surface area (TPSA) is 96.1 Å². The molecule has 10 heteroatoms. The normalized spacial score (nSPS) is 22.9. The Morgan fingerprint density at radius 3 is 3.07 bits per heavy atom. The lowest BCUT2D eigenvalue weighted by Crippen LogP contribution is -2.50. The van der Waals surface area contributed by atoms with Crippen LogP contribution in [0.25, 0.3) is 5.65 Å². The SMILES string of the molecule is Cc1cc2ncnn2cc1Nc1ncc2c(n1)N1C(=NCC13CCCOCC3)N2C. The number of nitrogens with one attached hydrogen (secondary N) is 1. The van der Waals surface area contributed by atoms with Gasteiger partial charge in [0.2, 0.25) is 11.9 Å². The summed E-state index contributed by atoms with van der Waals surface area (Å²) < 4.78 is 7.48. The van der Waals surface area contributed by atoms with Crippen molar-refractivity contribution in [1.82, 2.24) is 24.6 Å². The molecule has 0 radical (unpaired) electrons. The van der Waals surface area contributed by atoms with Gasteiger partial charge in [0.25, 0.3) is 0 Å². The molecule has 1 saturated heterocycles. The second kappa shape index (κ2) is 6.36. The molecule has 1 N–H and O–H groups in total. The smallest absolute Gasteiger partial charge is 0.229 e. The molecule has 6 rings (SSSR count). The number of guanidine groups is 1. The summed E-state index contributed by atoms with van der Waals surface area (Å²) in [4.78, 5) is 23.0. The summed E-state index contributed by atoms with van der Waals surface area (Å²) in [5.74, 6) is 2.42. The van der Waals surface area contributed by atoms with Crippen LogP contribution < -0.4 is 15.1 Å². The van der Waals surface area contributed by atoms with Crippen molar-refractivity contribution in [1.29, 1.82) is 0 Å². The van der Waals surface area contributed by atoms with Crippen LogP contribution in [0.3, 0.4) is 0 Å². The second-order valence-electron chi connectivity index (χ2n) is 8.16. The molecular weight excluding hydrogens is 382 g/mol. The van der Waals surface area contributed by atoms with Gasteiger partial charge in [0.05, 0.1) is 30.2 Å².